The first-order chi connectivity index (χ1) is 7.04. The molecule has 0 rings (SSSR count). The van der Waals surface area contributed by atoms with E-state index in [9.17, 15) is 15.4 Å². The molecule has 0 aliphatic heterocycles. The first-order valence-electron chi connectivity index (χ1n) is 5.48. The lowest BCUT2D eigenvalue weighted by molar-refractivity contribution is -0.860. The molecule has 0 aliphatic rings. The average Bonchev–Trinajstić information content (AvgIpc) is 2.18. The number of quaternary nitrogens is 1. The Morgan fingerprint density at radius 2 is 1.93 bits per heavy atom. The van der Waals surface area contributed by atoms with E-state index in [-0.39, 0.29) is 11.7 Å². The van der Waals surface area contributed by atoms with E-state index in [4.69, 9.17) is 4.74 Å². The number of aliphatic hydroxyl groups is 2. The summed E-state index contributed by atoms with van der Waals surface area (Å²) >= 11 is 0. The molecular weight excluding hydrogens is 198 g/mol. The van der Waals surface area contributed by atoms with Gasteiger partial charge in [0.15, 0.2) is 0 Å². The van der Waals surface area contributed by atoms with Crippen LogP contribution in [-0.2, 0) is 4.74 Å². The van der Waals surface area contributed by atoms with Crippen LogP contribution < -0.4 is 5.06 Å². The Labute approximate surface area is 91.2 Å². The van der Waals surface area contributed by atoms with Crippen molar-refractivity contribution in [2.75, 3.05) is 20.3 Å². The van der Waals surface area contributed by atoms with E-state index in [1.165, 1.54) is 7.05 Å². The van der Waals surface area contributed by atoms with E-state index >= 15 is 0 Å². The van der Waals surface area contributed by atoms with E-state index in [0.29, 0.717) is 13.0 Å². The van der Waals surface area contributed by atoms with Gasteiger partial charge in [-0.1, -0.05) is 13.8 Å². The molecule has 5 nitrogen and oxygen atoms in total. The summed E-state index contributed by atoms with van der Waals surface area (Å²) in [6, 6.07) is -0.495. The Morgan fingerprint density at radius 1 is 1.33 bits per heavy atom. The topological polar surface area (TPSA) is 77.2 Å². The number of likely N-dealkylation sites (N-methyl/N-ethyl adjacent to an activating group) is 1. The molecule has 15 heavy (non-hydrogen) atoms. The van der Waals surface area contributed by atoms with Crippen molar-refractivity contribution in [2.24, 2.45) is 0 Å². The van der Waals surface area contributed by atoms with Crippen LogP contribution in [0.5, 0.6) is 0 Å². The molecule has 0 amide bonds. The first kappa shape index (κ1) is 14.8. The third kappa shape index (κ3) is 5.44. The number of nitrogens with one attached hydrogen (secondary N) is 1. The van der Waals surface area contributed by atoms with E-state index in [2.05, 4.69) is 0 Å². The van der Waals surface area contributed by atoms with Crippen molar-refractivity contribution in [2.45, 2.75) is 44.9 Å². The summed E-state index contributed by atoms with van der Waals surface area (Å²) in [6.07, 6.45) is -0.608. The highest BCUT2D eigenvalue weighted by Crippen LogP contribution is 2.02. The van der Waals surface area contributed by atoms with Crippen molar-refractivity contribution < 1.29 is 20.0 Å². The Morgan fingerprint density at radius 3 is 2.33 bits per heavy atom. The predicted molar refractivity (Wildman–Crippen MR) is 57.5 cm³/mol. The zero-order valence-electron chi connectivity index (χ0n) is 9.77. The molecule has 0 heterocycles. The van der Waals surface area contributed by atoms with E-state index in [1.807, 2.05) is 13.8 Å². The SMILES string of the molecule is CCCOCC(O)C(O)C(CC)[NH+](C)[O-]. The van der Waals surface area contributed by atoms with Crippen LogP contribution in [0, 0.1) is 5.21 Å². The average molecular weight is 221 g/mol. The number of hydrogen-bond donors (Lipinski definition) is 3. The van der Waals surface area contributed by atoms with Gasteiger partial charge in [-0.05, 0) is 12.8 Å². The summed E-state index contributed by atoms with van der Waals surface area (Å²) in [5, 5.41) is 30.3. The van der Waals surface area contributed by atoms with Crippen LogP contribution in [0.4, 0.5) is 0 Å². The molecule has 3 N–H and O–H groups in total. The highest BCUT2D eigenvalue weighted by Gasteiger charge is 2.28. The molecule has 0 aromatic heterocycles. The van der Waals surface area contributed by atoms with Crippen LogP contribution in [0.15, 0.2) is 0 Å². The molecule has 4 unspecified atom stereocenters. The van der Waals surface area contributed by atoms with Crippen molar-refractivity contribution in [1.82, 2.24) is 0 Å². The quantitative estimate of drug-likeness (QED) is 0.360. The molecule has 0 fully saturated rings. The highest BCUT2D eigenvalue weighted by atomic mass is 16.5. The predicted octanol–water partition coefficient (Wildman–Crippen LogP) is -1.07. The van der Waals surface area contributed by atoms with Crippen molar-refractivity contribution in [1.29, 1.82) is 0 Å². The number of ether oxygens (including phenoxy) is 1. The van der Waals surface area contributed by atoms with Crippen molar-refractivity contribution in [3.05, 3.63) is 5.21 Å². The molecule has 5 heteroatoms. The van der Waals surface area contributed by atoms with E-state index < -0.39 is 18.2 Å². The lowest BCUT2D eigenvalue weighted by atomic mass is 10.0. The summed E-state index contributed by atoms with van der Waals surface area (Å²) in [4.78, 5) is 0. The van der Waals surface area contributed by atoms with Gasteiger partial charge >= 0.3 is 0 Å². The molecule has 0 aromatic carbocycles. The number of rotatable bonds is 8. The van der Waals surface area contributed by atoms with E-state index in [0.717, 1.165) is 6.42 Å². The number of aliphatic hydroxyl groups excluding tert-OH is 2. The van der Waals surface area contributed by atoms with Gasteiger partial charge in [-0.3, -0.25) is 0 Å². The van der Waals surface area contributed by atoms with Crippen LogP contribution in [0.25, 0.3) is 0 Å². The smallest absolute Gasteiger partial charge is 0.134 e. The van der Waals surface area contributed by atoms with Crippen LogP contribution in [0.3, 0.4) is 0 Å². The number of hydroxylamine groups is 2. The van der Waals surface area contributed by atoms with Crippen molar-refractivity contribution in [3.63, 3.8) is 0 Å². The lowest BCUT2D eigenvalue weighted by Gasteiger charge is -2.32. The third-order valence-electron chi connectivity index (χ3n) is 2.41. The van der Waals surface area contributed by atoms with Gasteiger partial charge in [0.25, 0.3) is 0 Å². The van der Waals surface area contributed by atoms with Gasteiger partial charge < -0.3 is 25.2 Å². The molecule has 92 valence electrons. The second-order valence-corrected chi connectivity index (χ2v) is 3.76. The first-order valence-corrected chi connectivity index (χ1v) is 5.48. The van der Waals surface area contributed by atoms with Crippen molar-refractivity contribution in [3.8, 4) is 0 Å². The third-order valence-corrected chi connectivity index (χ3v) is 2.41. The maximum absolute atomic E-state index is 11.1. The van der Waals surface area contributed by atoms with Gasteiger partial charge in [-0.15, -0.1) is 0 Å². The second-order valence-electron chi connectivity index (χ2n) is 3.76. The summed E-state index contributed by atoms with van der Waals surface area (Å²) in [7, 11) is 1.43. The normalized spacial score (nSPS) is 19.6. The molecular formula is C10H23NO4. The van der Waals surface area contributed by atoms with Gasteiger partial charge in [-0.2, -0.15) is 0 Å². The van der Waals surface area contributed by atoms with Crippen LogP contribution in [0.2, 0.25) is 0 Å². The van der Waals surface area contributed by atoms with Gasteiger partial charge in [0.05, 0.1) is 13.7 Å². The fourth-order valence-electron chi connectivity index (χ4n) is 1.48. The zero-order valence-corrected chi connectivity index (χ0v) is 9.77. The maximum atomic E-state index is 11.1. The minimum atomic E-state index is -1.02. The highest BCUT2D eigenvalue weighted by molar-refractivity contribution is 4.74. The molecule has 4 atom stereocenters. The van der Waals surface area contributed by atoms with Gasteiger partial charge in [0.1, 0.15) is 18.2 Å². The van der Waals surface area contributed by atoms with Gasteiger partial charge in [0, 0.05) is 6.61 Å². The maximum Gasteiger partial charge on any atom is 0.134 e. The van der Waals surface area contributed by atoms with Crippen molar-refractivity contribution >= 4 is 0 Å². The Kier molecular flexibility index (Phi) is 7.90. The molecule has 0 bridgehead atoms. The summed E-state index contributed by atoms with van der Waals surface area (Å²) in [5.41, 5.74) is 0. The largest absolute Gasteiger partial charge is 0.634 e. The standard InChI is InChI=1S/C10H23NO4/c1-4-6-15-7-9(12)10(13)8(5-2)11(3)14/h8-13H,4-7H2,1-3H3. The van der Waals surface area contributed by atoms with Gasteiger partial charge in [0.2, 0.25) is 0 Å². The molecule has 0 saturated heterocycles. The summed E-state index contributed by atoms with van der Waals surface area (Å²) in [5.74, 6) is 0. The van der Waals surface area contributed by atoms with Crippen LogP contribution >= 0.6 is 0 Å². The fraction of sp³-hybridized carbons (Fsp3) is 1.00. The summed E-state index contributed by atoms with van der Waals surface area (Å²) < 4.78 is 5.12. The molecule has 0 aliphatic carbocycles. The molecule has 0 aromatic rings. The summed E-state index contributed by atoms with van der Waals surface area (Å²) in [6.45, 7) is 4.42. The minimum absolute atomic E-state index is 0.0821. The lowest BCUT2D eigenvalue weighted by Crippen LogP contribution is -3.10. The van der Waals surface area contributed by atoms with Crippen LogP contribution in [0.1, 0.15) is 26.7 Å². The van der Waals surface area contributed by atoms with E-state index in [1.54, 1.807) is 0 Å². The minimum Gasteiger partial charge on any atom is -0.634 e. The van der Waals surface area contributed by atoms with Crippen LogP contribution in [-0.4, -0.2) is 48.7 Å². The monoisotopic (exact) mass is 221 g/mol. The second kappa shape index (κ2) is 8.01. The van der Waals surface area contributed by atoms with Gasteiger partial charge in [-0.25, -0.2) is 0 Å². The Bertz CT molecular complexity index is 154. The molecule has 0 radical (unpaired) electrons. The Hall–Kier alpha value is -0.200. The fourth-order valence-corrected chi connectivity index (χ4v) is 1.48. The molecule has 0 spiro atoms. The molecule has 0 saturated carbocycles. The Balaban J connectivity index is 3.98. The number of hydrogen-bond acceptors (Lipinski definition) is 4. The zero-order chi connectivity index (χ0) is 11.8.